The van der Waals surface area contributed by atoms with Gasteiger partial charge in [-0.15, -0.1) is 0 Å². The van der Waals surface area contributed by atoms with Crippen molar-refractivity contribution in [3.05, 3.63) is 95.7 Å². The molecule has 0 spiro atoms. The van der Waals surface area contributed by atoms with E-state index in [1.165, 1.54) is 12.1 Å². The van der Waals surface area contributed by atoms with E-state index < -0.39 is 11.7 Å². The average molecular weight is 388 g/mol. The number of H-pyrrole nitrogens is 1. The molecule has 4 rings (SSSR count). The number of fused-ring (bicyclic) bond motifs is 1. The molecule has 0 fully saturated rings. The average Bonchev–Trinajstić information content (AvgIpc) is 3.19. The zero-order chi connectivity index (χ0) is 20.2. The second-order valence-corrected chi connectivity index (χ2v) is 6.42. The van der Waals surface area contributed by atoms with Gasteiger partial charge in [0.2, 0.25) is 0 Å². The summed E-state index contributed by atoms with van der Waals surface area (Å²) in [5, 5.41) is 5.86. The normalized spacial score (nSPS) is 10.7. The Kier molecular flexibility index (Phi) is 5.03. The van der Waals surface area contributed by atoms with Crippen LogP contribution < -0.4 is 10.6 Å². The summed E-state index contributed by atoms with van der Waals surface area (Å²) in [7, 11) is 0. The first-order valence-corrected chi connectivity index (χ1v) is 8.97. The maximum Gasteiger partial charge on any atom is 0.272 e. The van der Waals surface area contributed by atoms with Crippen molar-refractivity contribution in [3.8, 4) is 0 Å². The molecule has 2 aromatic carbocycles. The van der Waals surface area contributed by atoms with Crippen LogP contribution in [0.1, 0.15) is 26.5 Å². The highest BCUT2D eigenvalue weighted by Gasteiger charge is 2.13. The van der Waals surface area contributed by atoms with Crippen molar-refractivity contribution >= 4 is 28.4 Å². The van der Waals surface area contributed by atoms with Gasteiger partial charge in [0.1, 0.15) is 11.5 Å². The third kappa shape index (κ3) is 4.14. The van der Waals surface area contributed by atoms with Crippen molar-refractivity contribution in [2.24, 2.45) is 0 Å². The molecule has 144 valence electrons. The summed E-state index contributed by atoms with van der Waals surface area (Å²) in [4.78, 5) is 31.9. The molecular weight excluding hydrogens is 371 g/mol. The van der Waals surface area contributed by atoms with Crippen LogP contribution in [0.5, 0.6) is 0 Å². The van der Waals surface area contributed by atoms with Crippen molar-refractivity contribution in [1.82, 2.24) is 15.3 Å². The van der Waals surface area contributed by atoms with Gasteiger partial charge in [0, 0.05) is 28.4 Å². The number of aromatic nitrogens is 2. The molecule has 6 nitrogen and oxygen atoms in total. The van der Waals surface area contributed by atoms with E-state index in [1.54, 1.807) is 48.7 Å². The molecule has 0 aliphatic rings. The predicted octanol–water partition coefficient (Wildman–Crippen LogP) is 3.88. The standard InChI is InChI=1S/C22H17FN4O2/c23-18-8-4-9-19-17(18)12-20(27-19)22(29)26-15-7-3-5-14(11-15)21(28)25-13-16-6-1-2-10-24-16/h1-12,27H,13H2,(H,25,28)(H,26,29). The lowest BCUT2D eigenvalue weighted by Gasteiger charge is -2.08. The van der Waals surface area contributed by atoms with Gasteiger partial charge in [0.25, 0.3) is 11.8 Å². The number of carbonyl (C=O) groups is 2. The summed E-state index contributed by atoms with van der Waals surface area (Å²) < 4.78 is 13.8. The molecule has 0 unspecified atom stereocenters. The van der Waals surface area contributed by atoms with Gasteiger partial charge in [0.15, 0.2) is 0 Å². The van der Waals surface area contributed by atoms with Crippen molar-refractivity contribution < 1.29 is 14.0 Å². The molecule has 0 saturated carbocycles. The maximum atomic E-state index is 13.8. The van der Waals surface area contributed by atoms with Gasteiger partial charge in [-0.2, -0.15) is 0 Å². The fraction of sp³-hybridized carbons (Fsp3) is 0.0455. The van der Waals surface area contributed by atoms with E-state index in [2.05, 4.69) is 20.6 Å². The Labute approximate surface area is 165 Å². The quantitative estimate of drug-likeness (QED) is 0.485. The molecule has 7 heteroatoms. The number of hydrogen-bond donors (Lipinski definition) is 3. The van der Waals surface area contributed by atoms with Gasteiger partial charge in [-0.3, -0.25) is 14.6 Å². The van der Waals surface area contributed by atoms with Gasteiger partial charge in [0.05, 0.1) is 12.2 Å². The van der Waals surface area contributed by atoms with E-state index >= 15 is 0 Å². The fourth-order valence-corrected chi connectivity index (χ4v) is 2.95. The first-order valence-electron chi connectivity index (χ1n) is 8.97. The van der Waals surface area contributed by atoms with Gasteiger partial charge in [-0.05, 0) is 48.5 Å². The van der Waals surface area contributed by atoms with Gasteiger partial charge < -0.3 is 15.6 Å². The van der Waals surface area contributed by atoms with Crippen LogP contribution in [-0.2, 0) is 6.54 Å². The van der Waals surface area contributed by atoms with Crippen molar-refractivity contribution in [3.63, 3.8) is 0 Å². The number of pyridine rings is 1. The molecule has 2 aromatic heterocycles. The maximum absolute atomic E-state index is 13.8. The smallest absolute Gasteiger partial charge is 0.272 e. The van der Waals surface area contributed by atoms with Crippen LogP contribution in [0.15, 0.2) is 72.9 Å². The van der Waals surface area contributed by atoms with Crippen LogP contribution in [0.25, 0.3) is 10.9 Å². The van der Waals surface area contributed by atoms with Crippen LogP contribution in [0, 0.1) is 5.82 Å². The number of anilines is 1. The first kappa shape index (κ1) is 18.4. The number of amides is 2. The van der Waals surface area contributed by atoms with E-state index in [9.17, 15) is 14.0 Å². The van der Waals surface area contributed by atoms with E-state index in [0.29, 0.717) is 28.7 Å². The largest absolute Gasteiger partial charge is 0.350 e. The molecule has 2 heterocycles. The third-order valence-corrected chi connectivity index (χ3v) is 4.39. The number of hydrogen-bond acceptors (Lipinski definition) is 3. The third-order valence-electron chi connectivity index (χ3n) is 4.39. The lowest BCUT2D eigenvalue weighted by molar-refractivity contribution is 0.0949. The summed E-state index contributed by atoms with van der Waals surface area (Å²) in [5.74, 6) is -1.10. The fourth-order valence-electron chi connectivity index (χ4n) is 2.95. The van der Waals surface area contributed by atoms with E-state index in [1.807, 2.05) is 12.1 Å². The Morgan fingerprint density at radius 1 is 0.966 bits per heavy atom. The number of carbonyl (C=O) groups excluding carboxylic acids is 2. The first-order chi connectivity index (χ1) is 14.1. The molecule has 0 radical (unpaired) electrons. The lowest BCUT2D eigenvalue weighted by Crippen LogP contribution is -2.23. The Hall–Kier alpha value is -4.00. The van der Waals surface area contributed by atoms with Gasteiger partial charge in [-0.25, -0.2) is 4.39 Å². The molecule has 4 aromatic rings. The van der Waals surface area contributed by atoms with Crippen molar-refractivity contribution in [2.45, 2.75) is 6.54 Å². The molecular formula is C22H17FN4O2. The highest BCUT2D eigenvalue weighted by Crippen LogP contribution is 2.20. The minimum absolute atomic E-state index is 0.232. The molecule has 0 aliphatic carbocycles. The van der Waals surface area contributed by atoms with Crippen LogP contribution in [0.4, 0.5) is 10.1 Å². The SMILES string of the molecule is O=C(NCc1ccccn1)c1cccc(NC(=O)c2cc3c(F)cccc3[nH]2)c1. The molecule has 0 saturated heterocycles. The molecule has 0 aliphatic heterocycles. The van der Waals surface area contributed by atoms with Gasteiger partial charge >= 0.3 is 0 Å². The van der Waals surface area contributed by atoms with E-state index in [0.717, 1.165) is 5.69 Å². The summed E-state index contributed by atoms with van der Waals surface area (Å²) in [6.07, 6.45) is 1.66. The molecule has 0 atom stereocenters. The summed E-state index contributed by atoms with van der Waals surface area (Å²) in [5.41, 5.74) is 2.38. The Morgan fingerprint density at radius 2 is 1.83 bits per heavy atom. The van der Waals surface area contributed by atoms with Crippen LogP contribution in [-0.4, -0.2) is 21.8 Å². The second-order valence-electron chi connectivity index (χ2n) is 6.42. The van der Waals surface area contributed by atoms with Crippen molar-refractivity contribution in [2.75, 3.05) is 5.32 Å². The highest BCUT2D eigenvalue weighted by molar-refractivity contribution is 6.06. The molecule has 29 heavy (non-hydrogen) atoms. The second kappa shape index (κ2) is 7.93. The number of nitrogens with one attached hydrogen (secondary N) is 3. The highest BCUT2D eigenvalue weighted by atomic mass is 19.1. The number of rotatable bonds is 5. The van der Waals surface area contributed by atoms with Crippen molar-refractivity contribution in [1.29, 1.82) is 0 Å². The van der Waals surface area contributed by atoms with Gasteiger partial charge in [-0.1, -0.05) is 18.2 Å². The molecule has 0 bridgehead atoms. The number of halogens is 1. The Morgan fingerprint density at radius 3 is 2.62 bits per heavy atom. The van der Waals surface area contributed by atoms with E-state index in [4.69, 9.17) is 0 Å². The van der Waals surface area contributed by atoms with Crippen LogP contribution in [0.3, 0.4) is 0 Å². The summed E-state index contributed by atoms with van der Waals surface area (Å²) in [6, 6.07) is 18.1. The number of aromatic amines is 1. The number of benzene rings is 2. The molecule has 3 N–H and O–H groups in total. The number of nitrogens with zero attached hydrogens (tertiary/aromatic N) is 1. The van der Waals surface area contributed by atoms with Crippen LogP contribution in [0.2, 0.25) is 0 Å². The minimum atomic E-state index is -0.424. The lowest BCUT2D eigenvalue weighted by atomic mass is 10.2. The van der Waals surface area contributed by atoms with E-state index in [-0.39, 0.29) is 11.6 Å². The predicted molar refractivity (Wildman–Crippen MR) is 108 cm³/mol. The monoisotopic (exact) mass is 388 g/mol. The molecule has 2 amide bonds. The Balaban J connectivity index is 1.45. The topological polar surface area (TPSA) is 86.9 Å². The Bertz CT molecular complexity index is 1190. The zero-order valence-electron chi connectivity index (χ0n) is 15.3. The van der Waals surface area contributed by atoms with Crippen LogP contribution >= 0.6 is 0 Å². The summed E-state index contributed by atoms with van der Waals surface area (Å²) >= 11 is 0. The zero-order valence-corrected chi connectivity index (χ0v) is 15.3. The minimum Gasteiger partial charge on any atom is -0.350 e. The summed E-state index contributed by atoms with van der Waals surface area (Å²) in [6.45, 7) is 0.302.